The average Bonchev–Trinajstić information content (AvgIpc) is 3.19. The quantitative estimate of drug-likeness (QED) is 0.325. The lowest BCUT2D eigenvalue weighted by Gasteiger charge is -2.64. The first kappa shape index (κ1) is 33.3. The van der Waals surface area contributed by atoms with Gasteiger partial charge in [-0.05, 0) is 69.9 Å². The molecular formula is C32H50FN5O4. The molecule has 234 valence electrons. The van der Waals surface area contributed by atoms with Gasteiger partial charge in [0.15, 0.2) is 5.82 Å². The largest absolute Gasteiger partial charge is 0.481 e. The van der Waals surface area contributed by atoms with Crippen molar-refractivity contribution in [1.82, 2.24) is 19.7 Å². The Labute approximate surface area is 249 Å². The third-order valence-electron chi connectivity index (χ3n) is 9.24. The van der Waals surface area contributed by atoms with Crippen molar-refractivity contribution in [2.45, 2.75) is 113 Å². The number of anilines is 2. The fraction of sp³-hybridized carbons (Fsp3) is 0.688. The summed E-state index contributed by atoms with van der Waals surface area (Å²) >= 11 is 0. The van der Waals surface area contributed by atoms with Crippen molar-refractivity contribution in [2.24, 2.45) is 22.2 Å². The normalized spacial score (nSPS) is 23.6. The number of piperidine rings is 1. The van der Waals surface area contributed by atoms with Crippen molar-refractivity contribution < 1.29 is 24.2 Å². The number of rotatable bonds is 6. The summed E-state index contributed by atoms with van der Waals surface area (Å²) < 4.78 is 18.0. The van der Waals surface area contributed by atoms with Crippen LogP contribution in [-0.2, 0) is 23.2 Å². The summed E-state index contributed by atoms with van der Waals surface area (Å²) in [4.78, 5) is 32.1. The molecule has 42 heavy (non-hydrogen) atoms. The van der Waals surface area contributed by atoms with E-state index in [4.69, 9.17) is 0 Å². The number of aromatic nitrogens is 3. The van der Waals surface area contributed by atoms with Crippen LogP contribution >= 0.6 is 0 Å². The number of pyridine rings is 1. The average molecular weight is 588 g/mol. The molecule has 0 aromatic carbocycles. The van der Waals surface area contributed by atoms with Crippen LogP contribution in [0, 0.1) is 34.9 Å². The molecule has 0 radical (unpaired) electrons. The minimum absolute atomic E-state index is 0.0195. The molecule has 0 spiro atoms. The van der Waals surface area contributed by atoms with E-state index in [-0.39, 0.29) is 30.6 Å². The molecule has 1 fully saturated rings. The minimum Gasteiger partial charge on any atom is -0.481 e. The van der Waals surface area contributed by atoms with Gasteiger partial charge in [0.1, 0.15) is 11.6 Å². The predicted octanol–water partition coefficient (Wildman–Crippen LogP) is 7.25. The summed E-state index contributed by atoms with van der Waals surface area (Å²) in [5.41, 5.74) is -2.64. The number of carbonyl (C=O) groups is 2. The zero-order chi connectivity index (χ0) is 32.2. The van der Waals surface area contributed by atoms with Gasteiger partial charge in [-0.3, -0.25) is 9.48 Å². The van der Waals surface area contributed by atoms with Gasteiger partial charge < -0.3 is 20.4 Å². The zero-order valence-corrected chi connectivity index (χ0v) is 27.4. The molecule has 1 aliphatic heterocycles. The lowest BCUT2D eigenvalue weighted by molar-refractivity contribution is -0.188. The van der Waals surface area contributed by atoms with E-state index in [1.54, 1.807) is 6.07 Å². The summed E-state index contributed by atoms with van der Waals surface area (Å²) in [6.07, 6.45) is -0.833. The number of aliphatic carboxylic acids is 1. The van der Waals surface area contributed by atoms with Gasteiger partial charge in [-0.1, -0.05) is 48.5 Å². The fourth-order valence-electron chi connectivity index (χ4n) is 7.41. The molecule has 3 heterocycles. The maximum atomic E-state index is 16.1. The second-order valence-corrected chi connectivity index (χ2v) is 15.2. The lowest BCUT2D eigenvalue weighted by Crippen LogP contribution is -2.72. The number of hydrogen-bond donors (Lipinski definition) is 3. The Morgan fingerprint density at radius 2 is 1.67 bits per heavy atom. The van der Waals surface area contributed by atoms with E-state index in [0.717, 1.165) is 5.69 Å². The summed E-state index contributed by atoms with van der Waals surface area (Å²) in [7, 11) is 0. The molecule has 10 heteroatoms. The molecule has 2 aromatic heterocycles. The molecule has 3 rings (SSSR count). The highest BCUT2D eigenvalue weighted by Crippen LogP contribution is 2.60. The van der Waals surface area contributed by atoms with Crippen LogP contribution in [0.5, 0.6) is 0 Å². The van der Waals surface area contributed by atoms with Crippen molar-refractivity contribution in [3.05, 3.63) is 34.9 Å². The SMILES string of the molecule is CCc1cc(Nc2cc(C)n(C(C)(C)C)n2)nc(C[C@]2(C(=O)O)CCN(C(=O)O)[C@@](C)(C(C)(C)C)C2C(C)(C)C)c1F. The van der Waals surface area contributed by atoms with E-state index < -0.39 is 45.6 Å². The summed E-state index contributed by atoms with van der Waals surface area (Å²) in [6, 6.07) is 3.54. The van der Waals surface area contributed by atoms with Crippen molar-refractivity contribution in [2.75, 3.05) is 11.9 Å². The molecule has 3 atom stereocenters. The van der Waals surface area contributed by atoms with E-state index in [0.29, 0.717) is 23.6 Å². The van der Waals surface area contributed by atoms with Crippen LogP contribution in [0.2, 0.25) is 0 Å². The minimum atomic E-state index is -1.48. The third kappa shape index (κ3) is 5.73. The molecule has 2 aromatic rings. The molecule has 1 unspecified atom stereocenters. The first-order chi connectivity index (χ1) is 19.0. The number of hydrogen-bond acceptors (Lipinski definition) is 5. The maximum absolute atomic E-state index is 16.1. The lowest BCUT2D eigenvalue weighted by atomic mass is 9.47. The zero-order valence-electron chi connectivity index (χ0n) is 27.4. The highest BCUT2D eigenvalue weighted by atomic mass is 19.1. The standard InChI is InChI=1S/C32H50FN5O4/c1-13-20-17-22(35-23-16-19(2)38(36-23)30(9,10)11)34-21(24(20)33)18-32(26(39)40)14-15-37(27(41)42)31(12,29(6,7)8)25(32)28(3,4)5/h16-17,25H,13-15,18H2,1-12H3,(H,39,40)(H,41,42)(H,34,35,36)/t25?,31-,32-/m1/s1. The van der Waals surface area contributed by atoms with Crippen molar-refractivity contribution in [3.8, 4) is 0 Å². The van der Waals surface area contributed by atoms with Gasteiger partial charge in [0, 0.05) is 30.6 Å². The number of carboxylic acid groups (broad SMARTS) is 2. The number of nitrogens with zero attached hydrogens (tertiary/aromatic N) is 4. The Balaban J connectivity index is 2.22. The third-order valence-corrected chi connectivity index (χ3v) is 9.24. The number of aryl methyl sites for hydroxylation is 2. The fourth-order valence-corrected chi connectivity index (χ4v) is 7.41. The molecule has 0 saturated carbocycles. The highest BCUT2D eigenvalue weighted by Gasteiger charge is 2.66. The number of amides is 1. The first-order valence-electron chi connectivity index (χ1n) is 14.8. The Kier molecular flexibility index (Phi) is 8.60. The van der Waals surface area contributed by atoms with E-state index in [1.165, 1.54) is 4.90 Å². The Bertz CT molecular complexity index is 1350. The van der Waals surface area contributed by atoms with Crippen LogP contribution in [-0.4, -0.2) is 54.0 Å². The molecule has 3 N–H and O–H groups in total. The van der Waals surface area contributed by atoms with Crippen molar-refractivity contribution in [1.29, 1.82) is 0 Å². The van der Waals surface area contributed by atoms with Crippen molar-refractivity contribution in [3.63, 3.8) is 0 Å². The van der Waals surface area contributed by atoms with Gasteiger partial charge in [0.2, 0.25) is 0 Å². The molecule has 0 aliphatic carbocycles. The van der Waals surface area contributed by atoms with E-state index >= 15 is 4.39 Å². The maximum Gasteiger partial charge on any atom is 0.407 e. The summed E-state index contributed by atoms with van der Waals surface area (Å²) in [5, 5.41) is 29.2. The van der Waals surface area contributed by atoms with Crippen LogP contribution in [0.3, 0.4) is 0 Å². The molecule has 9 nitrogen and oxygen atoms in total. The molecule has 1 aliphatic rings. The molecular weight excluding hydrogens is 537 g/mol. The van der Waals surface area contributed by atoms with E-state index in [1.807, 2.05) is 73.1 Å². The Hall–Kier alpha value is -3.17. The van der Waals surface area contributed by atoms with Crippen molar-refractivity contribution >= 4 is 23.7 Å². The highest BCUT2D eigenvalue weighted by molar-refractivity contribution is 5.77. The van der Waals surface area contributed by atoms with E-state index in [9.17, 15) is 19.8 Å². The first-order valence-corrected chi connectivity index (χ1v) is 14.8. The number of likely N-dealkylation sites (tertiary alicyclic amines) is 1. The number of nitrogens with one attached hydrogen (secondary N) is 1. The Morgan fingerprint density at radius 3 is 2.10 bits per heavy atom. The molecule has 1 amide bonds. The molecule has 0 bridgehead atoms. The van der Waals surface area contributed by atoms with Gasteiger partial charge in [-0.2, -0.15) is 5.10 Å². The predicted molar refractivity (Wildman–Crippen MR) is 163 cm³/mol. The van der Waals surface area contributed by atoms with Gasteiger partial charge in [-0.15, -0.1) is 0 Å². The van der Waals surface area contributed by atoms with Gasteiger partial charge in [0.25, 0.3) is 0 Å². The smallest absolute Gasteiger partial charge is 0.407 e. The van der Waals surface area contributed by atoms with E-state index in [2.05, 4.69) is 36.2 Å². The van der Waals surface area contributed by atoms with Crippen LogP contribution in [0.15, 0.2) is 12.1 Å². The van der Waals surface area contributed by atoms with Crippen LogP contribution < -0.4 is 5.32 Å². The van der Waals surface area contributed by atoms with Crippen LogP contribution in [0.25, 0.3) is 0 Å². The van der Waals surface area contributed by atoms with Gasteiger partial charge in [-0.25, -0.2) is 14.2 Å². The second-order valence-electron chi connectivity index (χ2n) is 15.2. The summed E-state index contributed by atoms with van der Waals surface area (Å²) in [5.74, 6) is -1.32. The monoisotopic (exact) mass is 587 g/mol. The Morgan fingerprint density at radius 1 is 1.07 bits per heavy atom. The number of carboxylic acids is 1. The van der Waals surface area contributed by atoms with Crippen LogP contribution in [0.4, 0.5) is 20.8 Å². The molecule has 1 saturated heterocycles. The van der Waals surface area contributed by atoms with Crippen LogP contribution in [0.1, 0.15) is 99.5 Å². The van der Waals surface area contributed by atoms with Gasteiger partial charge >= 0.3 is 12.1 Å². The second kappa shape index (κ2) is 10.8. The topological polar surface area (TPSA) is 121 Å². The number of halogens is 1. The van der Waals surface area contributed by atoms with Gasteiger partial charge in [0.05, 0.1) is 22.2 Å². The summed E-state index contributed by atoms with van der Waals surface area (Å²) in [6.45, 7) is 23.5.